The smallest absolute Gasteiger partial charge is 0.129 e. The van der Waals surface area contributed by atoms with Gasteiger partial charge in [0.25, 0.3) is 0 Å². The molecule has 2 nitrogen and oxygen atoms in total. The molecule has 2 rings (SSSR count). The molecule has 0 aliphatic rings. The molecule has 2 aromatic carbocycles. The minimum atomic E-state index is -1.01. The zero-order chi connectivity index (χ0) is 14.7. The van der Waals surface area contributed by atoms with E-state index in [1.54, 1.807) is 30.3 Å². The van der Waals surface area contributed by atoms with Gasteiger partial charge in [0, 0.05) is 10.0 Å². The Hall–Kier alpha value is -1.39. The average molecular weight is 339 g/mol. The van der Waals surface area contributed by atoms with Crippen LogP contribution in [0.5, 0.6) is 5.75 Å². The first-order chi connectivity index (χ1) is 9.52. The minimum Gasteiger partial charge on any atom is -0.494 e. The van der Waals surface area contributed by atoms with Crippen molar-refractivity contribution < 1.29 is 14.2 Å². The first kappa shape index (κ1) is 15.0. The zero-order valence-corrected chi connectivity index (χ0v) is 12.9. The van der Waals surface area contributed by atoms with Gasteiger partial charge in [-0.05, 0) is 37.6 Å². The number of halogens is 2. The van der Waals surface area contributed by atoms with Crippen LogP contribution in [0.15, 0.2) is 40.9 Å². The van der Waals surface area contributed by atoms with Crippen molar-refractivity contribution in [1.82, 2.24) is 0 Å². The van der Waals surface area contributed by atoms with E-state index in [9.17, 15) is 9.50 Å². The number of hydrogen-bond donors (Lipinski definition) is 1. The summed E-state index contributed by atoms with van der Waals surface area (Å²) in [5.74, 6) is 0.295. The lowest BCUT2D eigenvalue weighted by Crippen LogP contribution is -2.04. The third kappa shape index (κ3) is 3.19. The van der Waals surface area contributed by atoms with E-state index in [1.807, 2.05) is 13.8 Å². The summed E-state index contributed by atoms with van der Waals surface area (Å²) in [4.78, 5) is 0. The molecule has 20 heavy (non-hydrogen) atoms. The van der Waals surface area contributed by atoms with E-state index in [4.69, 9.17) is 4.74 Å². The molecule has 0 aliphatic heterocycles. The topological polar surface area (TPSA) is 29.5 Å². The summed E-state index contributed by atoms with van der Waals surface area (Å²) in [5.41, 5.74) is 1.79. The zero-order valence-electron chi connectivity index (χ0n) is 11.4. The van der Waals surface area contributed by atoms with E-state index < -0.39 is 11.9 Å². The molecule has 4 heteroatoms. The van der Waals surface area contributed by atoms with E-state index in [0.29, 0.717) is 22.4 Å². The van der Waals surface area contributed by atoms with Gasteiger partial charge in [-0.1, -0.05) is 39.7 Å². The van der Waals surface area contributed by atoms with Crippen molar-refractivity contribution in [2.75, 3.05) is 6.61 Å². The van der Waals surface area contributed by atoms with Gasteiger partial charge in [-0.25, -0.2) is 4.39 Å². The van der Waals surface area contributed by atoms with E-state index in [-0.39, 0.29) is 5.56 Å². The average Bonchev–Trinajstić information content (AvgIpc) is 2.41. The van der Waals surface area contributed by atoms with Gasteiger partial charge >= 0.3 is 0 Å². The van der Waals surface area contributed by atoms with Gasteiger partial charge in [0.15, 0.2) is 0 Å². The van der Waals surface area contributed by atoms with E-state index >= 15 is 0 Å². The molecule has 0 spiro atoms. The molecular formula is C16H16BrFO2. The van der Waals surface area contributed by atoms with Gasteiger partial charge in [0.2, 0.25) is 0 Å². The third-order valence-electron chi connectivity index (χ3n) is 3.02. The first-order valence-electron chi connectivity index (χ1n) is 6.39. The minimum absolute atomic E-state index is 0.273. The fourth-order valence-electron chi connectivity index (χ4n) is 2.03. The van der Waals surface area contributed by atoms with Gasteiger partial charge in [-0.3, -0.25) is 0 Å². The highest BCUT2D eigenvalue weighted by Crippen LogP contribution is 2.32. The van der Waals surface area contributed by atoms with Crippen molar-refractivity contribution in [2.45, 2.75) is 20.0 Å². The van der Waals surface area contributed by atoms with Crippen molar-refractivity contribution in [2.24, 2.45) is 0 Å². The summed E-state index contributed by atoms with van der Waals surface area (Å²) in [6.07, 6.45) is -1.01. The number of rotatable bonds is 4. The maximum Gasteiger partial charge on any atom is 0.129 e. The number of hydrogen-bond acceptors (Lipinski definition) is 2. The van der Waals surface area contributed by atoms with Crippen LogP contribution in [0.3, 0.4) is 0 Å². The monoisotopic (exact) mass is 338 g/mol. The lowest BCUT2D eigenvalue weighted by Gasteiger charge is -2.16. The molecule has 0 radical (unpaired) electrons. The molecule has 1 unspecified atom stereocenters. The predicted molar refractivity (Wildman–Crippen MR) is 80.5 cm³/mol. The number of aryl methyl sites for hydroxylation is 1. The van der Waals surface area contributed by atoms with E-state index in [0.717, 1.165) is 5.56 Å². The Morgan fingerprint density at radius 3 is 2.60 bits per heavy atom. The van der Waals surface area contributed by atoms with Crippen molar-refractivity contribution >= 4 is 15.9 Å². The highest BCUT2D eigenvalue weighted by Gasteiger charge is 2.18. The van der Waals surface area contributed by atoms with Crippen LogP contribution in [-0.2, 0) is 0 Å². The van der Waals surface area contributed by atoms with Crippen molar-refractivity contribution in [3.05, 3.63) is 63.4 Å². The first-order valence-corrected chi connectivity index (χ1v) is 7.18. The van der Waals surface area contributed by atoms with Gasteiger partial charge in [0.1, 0.15) is 17.7 Å². The Labute approximate surface area is 126 Å². The molecule has 0 amide bonds. The van der Waals surface area contributed by atoms with Crippen LogP contribution in [0.2, 0.25) is 0 Å². The van der Waals surface area contributed by atoms with Crippen LogP contribution in [0.1, 0.15) is 29.7 Å². The fraction of sp³-hybridized carbons (Fsp3) is 0.250. The number of aliphatic hydroxyl groups is 1. The molecule has 1 N–H and O–H groups in total. The lowest BCUT2D eigenvalue weighted by atomic mass is 9.99. The summed E-state index contributed by atoms with van der Waals surface area (Å²) in [6.45, 7) is 4.34. The third-order valence-corrected chi connectivity index (χ3v) is 3.71. The largest absolute Gasteiger partial charge is 0.494 e. The van der Waals surface area contributed by atoms with Crippen LogP contribution in [0.4, 0.5) is 4.39 Å². The molecule has 0 fully saturated rings. The Morgan fingerprint density at radius 1 is 1.20 bits per heavy atom. The highest BCUT2D eigenvalue weighted by molar-refractivity contribution is 9.10. The van der Waals surface area contributed by atoms with Gasteiger partial charge in [-0.15, -0.1) is 0 Å². The molecule has 0 heterocycles. The van der Waals surface area contributed by atoms with Gasteiger partial charge in [0.05, 0.1) is 6.61 Å². The van der Waals surface area contributed by atoms with Gasteiger partial charge < -0.3 is 9.84 Å². The normalized spacial score (nSPS) is 12.2. The maximum atomic E-state index is 13.8. The Morgan fingerprint density at radius 2 is 1.95 bits per heavy atom. The summed E-state index contributed by atoms with van der Waals surface area (Å²) in [6, 6.07) is 9.98. The summed E-state index contributed by atoms with van der Waals surface area (Å²) >= 11 is 3.40. The molecule has 0 saturated carbocycles. The van der Waals surface area contributed by atoms with Crippen molar-refractivity contribution in [3.8, 4) is 5.75 Å². The maximum absolute atomic E-state index is 13.8. The standard InChI is InChI=1S/C16H16BrFO2/c1-3-20-11-5-6-12(14(17)9-11)16(19)13-8-10(2)4-7-15(13)18/h4-9,16,19H,3H2,1-2H3. The Bertz CT molecular complexity index is 613. The van der Waals surface area contributed by atoms with Crippen molar-refractivity contribution in [3.63, 3.8) is 0 Å². The number of aliphatic hydroxyl groups excluding tert-OH is 1. The van der Waals surface area contributed by atoms with Crippen LogP contribution in [0, 0.1) is 12.7 Å². The molecule has 106 valence electrons. The summed E-state index contributed by atoms with van der Waals surface area (Å²) in [5, 5.41) is 10.4. The molecule has 2 aromatic rings. The Balaban J connectivity index is 2.38. The fourth-order valence-corrected chi connectivity index (χ4v) is 2.60. The Kier molecular flexibility index (Phi) is 4.78. The quantitative estimate of drug-likeness (QED) is 0.896. The van der Waals surface area contributed by atoms with Crippen LogP contribution in [0.25, 0.3) is 0 Å². The second-order valence-electron chi connectivity index (χ2n) is 4.54. The van der Waals surface area contributed by atoms with Crippen molar-refractivity contribution in [1.29, 1.82) is 0 Å². The van der Waals surface area contributed by atoms with E-state index in [1.165, 1.54) is 6.07 Å². The highest BCUT2D eigenvalue weighted by atomic mass is 79.9. The molecule has 1 atom stereocenters. The second-order valence-corrected chi connectivity index (χ2v) is 5.40. The summed E-state index contributed by atoms with van der Waals surface area (Å²) < 4.78 is 19.9. The number of ether oxygens (including phenoxy) is 1. The van der Waals surface area contributed by atoms with Crippen LogP contribution in [-0.4, -0.2) is 11.7 Å². The second kappa shape index (κ2) is 6.37. The van der Waals surface area contributed by atoms with Crippen LogP contribution >= 0.6 is 15.9 Å². The lowest BCUT2D eigenvalue weighted by molar-refractivity contribution is 0.214. The molecule has 0 aliphatic carbocycles. The van der Waals surface area contributed by atoms with Crippen LogP contribution < -0.4 is 4.74 Å². The molecule has 0 bridgehead atoms. The SMILES string of the molecule is CCOc1ccc(C(O)c2cc(C)ccc2F)c(Br)c1. The molecular weight excluding hydrogens is 323 g/mol. The van der Waals surface area contributed by atoms with Gasteiger partial charge in [-0.2, -0.15) is 0 Å². The summed E-state index contributed by atoms with van der Waals surface area (Å²) in [7, 11) is 0. The molecule has 0 aromatic heterocycles. The number of benzene rings is 2. The predicted octanol–water partition coefficient (Wildman–Crippen LogP) is 4.38. The van der Waals surface area contributed by atoms with E-state index in [2.05, 4.69) is 15.9 Å². The molecule has 0 saturated heterocycles.